The number of halogens is 3. The summed E-state index contributed by atoms with van der Waals surface area (Å²) < 4.78 is 53.3. The normalized spacial score (nSPS) is 20.3. The molecule has 3 nitrogen and oxygen atoms in total. The topological polar surface area (TPSA) is 38.7 Å². The molecule has 1 atom stereocenters. The average molecular weight is 408 g/mol. The van der Waals surface area contributed by atoms with Crippen LogP contribution < -0.4 is 9.47 Å². The maximum atomic E-state index is 14.4. The molecule has 0 spiro atoms. The summed E-state index contributed by atoms with van der Waals surface area (Å²) in [5, 5.41) is 9.49. The summed E-state index contributed by atoms with van der Waals surface area (Å²) in [6, 6.07) is 7.57. The Morgan fingerprint density at radius 1 is 1.00 bits per heavy atom. The summed E-state index contributed by atoms with van der Waals surface area (Å²) in [6.07, 6.45) is 2.27. The van der Waals surface area contributed by atoms with Gasteiger partial charge < -0.3 is 14.6 Å². The molecular weight excluding hydrogens is 381 g/mol. The van der Waals surface area contributed by atoms with Crippen molar-refractivity contribution in [2.45, 2.75) is 51.6 Å². The highest BCUT2D eigenvalue weighted by Gasteiger charge is 2.27. The Bertz CT molecular complexity index is 830. The highest BCUT2D eigenvalue weighted by atomic mass is 19.2. The van der Waals surface area contributed by atoms with Crippen LogP contribution >= 0.6 is 0 Å². The first kappa shape index (κ1) is 21.5. The number of benzene rings is 2. The second kappa shape index (κ2) is 9.53. The van der Waals surface area contributed by atoms with Crippen LogP contribution in [0.3, 0.4) is 0 Å². The van der Waals surface area contributed by atoms with Crippen LogP contribution in [0.4, 0.5) is 13.2 Å². The molecular formula is C23H27F3O3. The molecule has 1 aliphatic rings. The minimum Gasteiger partial charge on any atom is -0.493 e. The number of hydrogen-bond acceptors (Lipinski definition) is 3. The van der Waals surface area contributed by atoms with Crippen LogP contribution in [-0.4, -0.2) is 18.3 Å². The van der Waals surface area contributed by atoms with Crippen molar-refractivity contribution in [3.05, 3.63) is 58.9 Å². The van der Waals surface area contributed by atoms with Gasteiger partial charge in [-0.2, -0.15) is 4.39 Å². The molecule has 0 heterocycles. The molecule has 2 aromatic rings. The molecule has 2 aromatic carbocycles. The molecule has 1 saturated carbocycles. The number of ether oxygens (including phenoxy) is 2. The highest BCUT2D eigenvalue weighted by molar-refractivity contribution is 5.33. The first-order valence-electron chi connectivity index (χ1n) is 10.1. The fraction of sp³-hybridized carbons (Fsp3) is 0.478. The Labute approximate surface area is 169 Å². The van der Waals surface area contributed by atoms with Crippen LogP contribution in [0.5, 0.6) is 11.5 Å². The quantitative estimate of drug-likeness (QED) is 0.619. The highest BCUT2D eigenvalue weighted by Crippen LogP contribution is 2.39. The Hall–Kier alpha value is -2.21. The summed E-state index contributed by atoms with van der Waals surface area (Å²) in [5.74, 6) is -1.60. The summed E-state index contributed by atoms with van der Waals surface area (Å²) in [7, 11) is 0. The predicted octanol–water partition coefficient (Wildman–Crippen LogP) is 5.91. The van der Waals surface area contributed by atoms with E-state index in [2.05, 4.69) is 0 Å². The van der Waals surface area contributed by atoms with Crippen LogP contribution in [0.15, 0.2) is 30.3 Å². The lowest BCUT2D eigenvalue weighted by Gasteiger charge is -2.29. The van der Waals surface area contributed by atoms with Crippen molar-refractivity contribution in [2.75, 3.05) is 13.2 Å². The first-order chi connectivity index (χ1) is 13.9. The van der Waals surface area contributed by atoms with Crippen molar-refractivity contribution in [2.24, 2.45) is 5.92 Å². The smallest absolute Gasteiger partial charge is 0.200 e. The fourth-order valence-corrected chi connectivity index (χ4v) is 3.92. The minimum atomic E-state index is -0.919. The molecule has 3 rings (SSSR count). The minimum absolute atomic E-state index is 0.0285. The van der Waals surface area contributed by atoms with Crippen LogP contribution in [-0.2, 0) is 0 Å². The zero-order chi connectivity index (χ0) is 21.0. The zero-order valence-corrected chi connectivity index (χ0v) is 16.8. The van der Waals surface area contributed by atoms with Crippen molar-refractivity contribution >= 4 is 0 Å². The van der Waals surface area contributed by atoms with Gasteiger partial charge in [-0.25, -0.2) is 8.78 Å². The molecule has 6 heteroatoms. The first-order valence-corrected chi connectivity index (χ1v) is 10.1. The van der Waals surface area contributed by atoms with E-state index in [-0.39, 0.29) is 29.8 Å². The van der Waals surface area contributed by atoms with Gasteiger partial charge in [0.05, 0.1) is 19.3 Å². The average Bonchev–Trinajstić information content (AvgIpc) is 2.70. The predicted molar refractivity (Wildman–Crippen MR) is 105 cm³/mol. The van der Waals surface area contributed by atoms with E-state index < -0.39 is 23.6 Å². The van der Waals surface area contributed by atoms with Gasteiger partial charge in [0.1, 0.15) is 11.6 Å². The Morgan fingerprint density at radius 3 is 2.34 bits per heavy atom. The third-order valence-electron chi connectivity index (χ3n) is 5.57. The van der Waals surface area contributed by atoms with Crippen molar-refractivity contribution in [1.29, 1.82) is 0 Å². The molecule has 0 amide bonds. The lowest BCUT2D eigenvalue weighted by Crippen LogP contribution is -2.20. The van der Waals surface area contributed by atoms with Crippen LogP contribution in [0, 0.1) is 23.4 Å². The van der Waals surface area contributed by atoms with Crippen molar-refractivity contribution in [1.82, 2.24) is 0 Å². The Kier molecular flexibility index (Phi) is 7.06. The summed E-state index contributed by atoms with van der Waals surface area (Å²) >= 11 is 0. The number of aliphatic hydroxyl groups is 1. The summed E-state index contributed by atoms with van der Waals surface area (Å²) in [5.41, 5.74) is 0.642. The molecule has 0 aliphatic heterocycles. The number of rotatable bonds is 7. The largest absolute Gasteiger partial charge is 0.493 e. The lowest BCUT2D eigenvalue weighted by molar-refractivity contribution is 0.190. The van der Waals surface area contributed by atoms with Gasteiger partial charge in [-0.3, -0.25) is 0 Å². The van der Waals surface area contributed by atoms with E-state index in [9.17, 15) is 18.3 Å². The molecule has 1 fully saturated rings. The van der Waals surface area contributed by atoms with E-state index in [4.69, 9.17) is 9.47 Å². The monoisotopic (exact) mass is 408 g/mol. The third kappa shape index (κ3) is 5.04. The van der Waals surface area contributed by atoms with E-state index >= 15 is 0 Å². The molecule has 0 radical (unpaired) electrons. The number of aliphatic hydroxyl groups excluding tert-OH is 1. The SMILES string of the molecule is CCOc1ccc(C2CCC(COc3ccc(C(C)O)c(F)c3)CC2)c(F)c1F. The molecule has 0 saturated heterocycles. The lowest BCUT2D eigenvalue weighted by atomic mass is 9.79. The van der Waals surface area contributed by atoms with Gasteiger partial charge in [-0.05, 0) is 75.1 Å². The molecule has 29 heavy (non-hydrogen) atoms. The second-order valence-corrected chi connectivity index (χ2v) is 7.60. The van der Waals surface area contributed by atoms with Gasteiger partial charge in [0, 0.05) is 11.6 Å². The maximum Gasteiger partial charge on any atom is 0.200 e. The van der Waals surface area contributed by atoms with Crippen LogP contribution in [0.1, 0.15) is 62.7 Å². The van der Waals surface area contributed by atoms with E-state index in [0.29, 0.717) is 17.9 Å². The van der Waals surface area contributed by atoms with Gasteiger partial charge in [-0.15, -0.1) is 0 Å². The standard InChI is InChI=1S/C23H27F3O3/c1-3-28-21-11-10-19(22(25)23(21)26)16-6-4-15(5-7-16)13-29-17-8-9-18(14(2)27)20(24)12-17/h8-12,14-16,27H,3-7,13H2,1-2H3. The van der Waals surface area contributed by atoms with Gasteiger partial charge in [0.15, 0.2) is 11.6 Å². The van der Waals surface area contributed by atoms with Gasteiger partial charge in [0.2, 0.25) is 5.82 Å². The van der Waals surface area contributed by atoms with E-state index in [1.165, 1.54) is 25.1 Å². The Balaban J connectivity index is 1.55. The van der Waals surface area contributed by atoms with Crippen molar-refractivity contribution in [3.8, 4) is 11.5 Å². The molecule has 1 N–H and O–H groups in total. The van der Waals surface area contributed by atoms with Gasteiger partial charge in [0.25, 0.3) is 0 Å². The molecule has 1 unspecified atom stereocenters. The summed E-state index contributed by atoms with van der Waals surface area (Å²) in [6.45, 7) is 3.97. The van der Waals surface area contributed by atoms with Gasteiger partial charge in [-0.1, -0.05) is 6.07 Å². The maximum absolute atomic E-state index is 14.4. The molecule has 0 aromatic heterocycles. The fourth-order valence-electron chi connectivity index (χ4n) is 3.92. The van der Waals surface area contributed by atoms with E-state index in [1.54, 1.807) is 19.1 Å². The summed E-state index contributed by atoms with van der Waals surface area (Å²) in [4.78, 5) is 0. The zero-order valence-electron chi connectivity index (χ0n) is 16.8. The van der Waals surface area contributed by atoms with E-state index in [0.717, 1.165) is 25.7 Å². The Morgan fingerprint density at radius 2 is 1.72 bits per heavy atom. The van der Waals surface area contributed by atoms with Crippen LogP contribution in [0.25, 0.3) is 0 Å². The number of hydrogen-bond donors (Lipinski definition) is 1. The molecule has 0 bridgehead atoms. The van der Waals surface area contributed by atoms with Crippen molar-refractivity contribution in [3.63, 3.8) is 0 Å². The van der Waals surface area contributed by atoms with Crippen molar-refractivity contribution < 1.29 is 27.8 Å². The molecule has 1 aliphatic carbocycles. The van der Waals surface area contributed by atoms with Crippen LogP contribution in [0.2, 0.25) is 0 Å². The second-order valence-electron chi connectivity index (χ2n) is 7.60. The van der Waals surface area contributed by atoms with E-state index in [1.807, 2.05) is 0 Å². The molecule has 158 valence electrons. The third-order valence-corrected chi connectivity index (χ3v) is 5.57. The van der Waals surface area contributed by atoms with Gasteiger partial charge >= 0.3 is 0 Å².